The van der Waals surface area contributed by atoms with Crippen LogP contribution < -0.4 is 4.90 Å². The average molecular weight is 341 g/mol. The highest BCUT2D eigenvalue weighted by atomic mass is 16.5. The maximum atomic E-state index is 12.7. The van der Waals surface area contributed by atoms with Crippen molar-refractivity contribution >= 4 is 11.6 Å². The molecule has 3 heterocycles. The number of para-hydroxylation sites is 1. The number of aryl methyl sites for hydroxylation is 1. The van der Waals surface area contributed by atoms with Crippen LogP contribution in [-0.4, -0.2) is 54.7 Å². The highest BCUT2D eigenvalue weighted by Crippen LogP contribution is 2.30. The van der Waals surface area contributed by atoms with Crippen LogP contribution in [0, 0.1) is 12.8 Å². The Morgan fingerprint density at radius 1 is 1.24 bits per heavy atom. The van der Waals surface area contributed by atoms with Crippen molar-refractivity contribution in [3.63, 3.8) is 0 Å². The molecule has 2 aromatic rings. The zero-order valence-corrected chi connectivity index (χ0v) is 14.4. The number of likely N-dealkylation sites (tertiary alicyclic amines) is 1. The first-order chi connectivity index (χ1) is 12.2. The number of aromatic nitrogens is 1. The van der Waals surface area contributed by atoms with E-state index in [0.29, 0.717) is 36.6 Å². The Bertz CT molecular complexity index is 731. The number of ether oxygens (including phenoxy) is 1. The summed E-state index contributed by atoms with van der Waals surface area (Å²) in [6.07, 6.45) is 2.27. The molecule has 0 bridgehead atoms. The van der Waals surface area contributed by atoms with Gasteiger partial charge in [-0.05, 0) is 25.5 Å². The number of hydrogen-bond donors (Lipinski definition) is 0. The fraction of sp³-hybridized carbons (Fsp3) is 0.474. The number of rotatable bonds is 2. The summed E-state index contributed by atoms with van der Waals surface area (Å²) in [6.45, 7) is 5.50. The van der Waals surface area contributed by atoms with Gasteiger partial charge in [-0.1, -0.05) is 18.2 Å². The van der Waals surface area contributed by atoms with Gasteiger partial charge in [0.05, 0.1) is 13.2 Å². The van der Waals surface area contributed by atoms with Crippen LogP contribution in [0.3, 0.4) is 0 Å². The first-order valence-electron chi connectivity index (χ1n) is 8.83. The highest BCUT2D eigenvalue weighted by Gasteiger charge is 2.37. The summed E-state index contributed by atoms with van der Waals surface area (Å²) in [5.41, 5.74) is 1.66. The molecule has 1 aromatic heterocycles. The van der Waals surface area contributed by atoms with Crippen LogP contribution in [0.4, 0.5) is 5.69 Å². The molecule has 25 heavy (non-hydrogen) atoms. The summed E-state index contributed by atoms with van der Waals surface area (Å²) in [4.78, 5) is 21.2. The van der Waals surface area contributed by atoms with Gasteiger partial charge in [-0.3, -0.25) is 4.79 Å². The molecule has 2 fully saturated rings. The minimum absolute atomic E-state index is 0.0415. The van der Waals surface area contributed by atoms with Gasteiger partial charge in [0.1, 0.15) is 5.76 Å². The van der Waals surface area contributed by atoms with Crippen molar-refractivity contribution in [2.45, 2.75) is 19.4 Å². The summed E-state index contributed by atoms with van der Waals surface area (Å²) in [7, 11) is 0. The van der Waals surface area contributed by atoms with Crippen molar-refractivity contribution in [1.29, 1.82) is 0 Å². The van der Waals surface area contributed by atoms with E-state index in [1.165, 1.54) is 12.1 Å². The molecule has 132 valence electrons. The molecule has 2 aliphatic rings. The van der Waals surface area contributed by atoms with Crippen LogP contribution in [0.5, 0.6) is 0 Å². The zero-order chi connectivity index (χ0) is 17.2. The number of hydrogen-bond acceptors (Lipinski definition) is 5. The smallest absolute Gasteiger partial charge is 0.276 e. The molecule has 6 heteroatoms. The van der Waals surface area contributed by atoms with Crippen LogP contribution in [0.1, 0.15) is 22.7 Å². The molecule has 0 spiro atoms. The van der Waals surface area contributed by atoms with E-state index in [9.17, 15) is 4.79 Å². The zero-order valence-electron chi connectivity index (χ0n) is 14.4. The van der Waals surface area contributed by atoms with Crippen molar-refractivity contribution in [3.8, 4) is 0 Å². The van der Waals surface area contributed by atoms with E-state index in [1.54, 1.807) is 6.92 Å². The van der Waals surface area contributed by atoms with Gasteiger partial charge in [-0.25, -0.2) is 4.98 Å². The van der Waals surface area contributed by atoms with Gasteiger partial charge in [0, 0.05) is 37.3 Å². The molecule has 0 unspecified atom stereocenters. The monoisotopic (exact) mass is 341 g/mol. The number of nitrogens with zero attached hydrogens (tertiary/aromatic N) is 3. The summed E-state index contributed by atoms with van der Waals surface area (Å²) >= 11 is 0. The Morgan fingerprint density at radius 2 is 2.08 bits per heavy atom. The molecule has 1 amide bonds. The van der Waals surface area contributed by atoms with Crippen LogP contribution in [0.15, 0.2) is 41.1 Å². The second-order valence-electron chi connectivity index (χ2n) is 6.73. The van der Waals surface area contributed by atoms with Crippen molar-refractivity contribution < 1.29 is 13.9 Å². The summed E-state index contributed by atoms with van der Waals surface area (Å²) in [5.74, 6) is 0.836. The third kappa shape index (κ3) is 3.14. The molecule has 2 saturated heterocycles. The number of piperidine rings is 1. The third-order valence-electron chi connectivity index (χ3n) is 5.23. The lowest BCUT2D eigenvalue weighted by Crippen LogP contribution is -2.53. The van der Waals surface area contributed by atoms with Gasteiger partial charge in [0.15, 0.2) is 12.1 Å². The second kappa shape index (κ2) is 6.88. The Balaban J connectivity index is 1.53. The SMILES string of the molecule is Cc1ocnc1C(=O)N1CC[C@H]2[C@@H](COCCN2c2ccccc2)C1. The Hall–Kier alpha value is -2.34. The lowest BCUT2D eigenvalue weighted by atomic mass is 9.91. The Morgan fingerprint density at radius 3 is 2.84 bits per heavy atom. The van der Waals surface area contributed by atoms with Crippen molar-refractivity contribution in [2.75, 3.05) is 37.7 Å². The maximum Gasteiger partial charge on any atom is 0.276 e. The Labute approximate surface area is 147 Å². The molecule has 2 aliphatic heterocycles. The third-order valence-corrected chi connectivity index (χ3v) is 5.23. The molecule has 0 saturated carbocycles. The largest absolute Gasteiger partial charge is 0.448 e. The molecule has 0 radical (unpaired) electrons. The first-order valence-corrected chi connectivity index (χ1v) is 8.83. The molecular weight excluding hydrogens is 318 g/mol. The minimum Gasteiger partial charge on any atom is -0.448 e. The standard InChI is InChI=1S/C19H23N3O3/c1-14-18(20-13-25-14)19(23)21-8-7-17-15(11-21)12-24-10-9-22(17)16-5-3-2-4-6-16/h2-6,13,15,17H,7-12H2,1H3/t15-,17+/m1/s1. The van der Waals surface area contributed by atoms with E-state index in [0.717, 1.165) is 26.1 Å². The van der Waals surface area contributed by atoms with Gasteiger partial charge in [-0.2, -0.15) is 0 Å². The predicted octanol–water partition coefficient (Wildman–Crippen LogP) is 2.35. The van der Waals surface area contributed by atoms with E-state index in [2.05, 4.69) is 34.1 Å². The van der Waals surface area contributed by atoms with E-state index < -0.39 is 0 Å². The maximum absolute atomic E-state index is 12.7. The second-order valence-corrected chi connectivity index (χ2v) is 6.73. The van der Waals surface area contributed by atoms with E-state index in [4.69, 9.17) is 9.15 Å². The Kier molecular flexibility index (Phi) is 4.44. The van der Waals surface area contributed by atoms with Gasteiger partial charge in [0.25, 0.3) is 5.91 Å². The number of anilines is 1. The number of carbonyl (C=O) groups is 1. The average Bonchev–Trinajstić information content (AvgIpc) is 2.96. The molecule has 6 nitrogen and oxygen atoms in total. The van der Waals surface area contributed by atoms with Gasteiger partial charge >= 0.3 is 0 Å². The van der Waals surface area contributed by atoms with Gasteiger partial charge in [0.2, 0.25) is 0 Å². The van der Waals surface area contributed by atoms with E-state index in [1.807, 2.05) is 11.0 Å². The fourth-order valence-electron chi connectivity index (χ4n) is 3.94. The minimum atomic E-state index is -0.0415. The van der Waals surface area contributed by atoms with Crippen LogP contribution in [0.25, 0.3) is 0 Å². The topological polar surface area (TPSA) is 58.8 Å². The molecule has 0 N–H and O–H groups in total. The lowest BCUT2D eigenvalue weighted by Gasteiger charge is -2.42. The number of carbonyl (C=O) groups excluding carboxylic acids is 1. The van der Waals surface area contributed by atoms with Gasteiger partial charge < -0.3 is 19.0 Å². The number of amides is 1. The van der Waals surface area contributed by atoms with Gasteiger partial charge in [-0.15, -0.1) is 0 Å². The number of benzene rings is 1. The predicted molar refractivity (Wildman–Crippen MR) is 93.6 cm³/mol. The fourth-order valence-corrected chi connectivity index (χ4v) is 3.94. The van der Waals surface area contributed by atoms with Crippen molar-refractivity contribution in [1.82, 2.24) is 9.88 Å². The van der Waals surface area contributed by atoms with Crippen LogP contribution in [-0.2, 0) is 4.74 Å². The number of oxazole rings is 1. The van der Waals surface area contributed by atoms with Crippen LogP contribution >= 0.6 is 0 Å². The van der Waals surface area contributed by atoms with E-state index in [-0.39, 0.29) is 5.91 Å². The lowest BCUT2D eigenvalue weighted by molar-refractivity contribution is 0.0515. The van der Waals surface area contributed by atoms with Crippen molar-refractivity contribution in [2.24, 2.45) is 5.92 Å². The molecule has 1 aromatic carbocycles. The summed E-state index contributed by atoms with van der Waals surface area (Å²) < 4.78 is 11.0. The molecule has 4 rings (SSSR count). The highest BCUT2D eigenvalue weighted by molar-refractivity contribution is 5.93. The number of fused-ring (bicyclic) bond motifs is 1. The van der Waals surface area contributed by atoms with E-state index >= 15 is 0 Å². The van der Waals surface area contributed by atoms with Crippen molar-refractivity contribution in [3.05, 3.63) is 48.2 Å². The summed E-state index contributed by atoms with van der Waals surface area (Å²) in [6, 6.07) is 10.9. The molecule has 2 atom stereocenters. The normalized spacial score (nSPS) is 23.9. The van der Waals surface area contributed by atoms with Crippen LogP contribution in [0.2, 0.25) is 0 Å². The first kappa shape index (κ1) is 16.1. The molecule has 0 aliphatic carbocycles. The molecular formula is C19H23N3O3. The summed E-state index contributed by atoms with van der Waals surface area (Å²) in [5, 5.41) is 0. The quantitative estimate of drug-likeness (QED) is 0.839.